The van der Waals surface area contributed by atoms with Crippen LogP contribution >= 0.6 is 0 Å². The van der Waals surface area contributed by atoms with Gasteiger partial charge in [-0.25, -0.2) is 9.48 Å². The van der Waals surface area contributed by atoms with Crippen molar-refractivity contribution in [1.82, 2.24) is 19.3 Å². The maximum atomic E-state index is 13.8. The molecule has 13 heteroatoms. The minimum atomic E-state index is -0.957. The predicted octanol–water partition coefficient (Wildman–Crippen LogP) is 3.01. The minimum absolute atomic E-state index is 0.0698. The molecule has 1 saturated heterocycles. The van der Waals surface area contributed by atoms with Crippen LogP contribution in [0.5, 0.6) is 0 Å². The lowest BCUT2D eigenvalue weighted by molar-refractivity contribution is -0.155. The average Bonchev–Trinajstić information content (AvgIpc) is 3.50. The summed E-state index contributed by atoms with van der Waals surface area (Å²) >= 11 is 0. The van der Waals surface area contributed by atoms with Gasteiger partial charge >= 0.3 is 17.6 Å². The monoisotopic (exact) mass is 617 g/mol. The van der Waals surface area contributed by atoms with Gasteiger partial charge in [0.1, 0.15) is 30.9 Å². The van der Waals surface area contributed by atoms with E-state index in [0.717, 1.165) is 5.69 Å². The van der Waals surface area contributed by atoms with Crippen LogP contribution in [0.25, 0.3) is 5.69 Å². The topological polar surface area (TPSA) is 164 Å². The van der Waals surface area contributed by atoms with Crippen LogP contribution in [0, 0.1) is 12.3 Å². The second-order valence-corrected chi connectivity index (χ2v) is 12.6. The van der Waals surface area contributed by atoms with Crippen LogP contribution in [0.4, 0.5) is 5.82 Å². The Balaban J connectivity index is 1.49. The van der Waals surface area contributed by atoms with Gasteiger partial charge < -0.3 is 19.5 Å². The molecule has 45 heavy (non-hydrogen) atoms. The van der Waals surface area contributed by atoms with E-state index >= 15 is 0 Å². The lowest BCUT2D eigenvalue weighted by Crippen LogP contribution is -2.39. The molecule has 4 heterocycles. The number of nitrogens with zero attached hydrogens (tertiary/aromatic N) is 3. The number of H-pyrrole nitrogens is 1. The number of fused-ring (bicyclic) bond motifs is 1. The SMILES string of the molecule is CC(=O)OC[C@H]1O[C@@H](n2cc(C3C4=C(CC(C)(C)CC4=O)Nc4c3c(C)nn4-c3ccccc3)c(=O)[nH]c2=O)CC1OC(C)=O. The summed E-state index contributed by atoms with van der Waals surface area (Å²) < 4.78 is 19.6. The molecule has 0 spiro atoms. The first-order chi connectivity index (χ1) is 21.3. The lowest BCUT2D eigenvalue weighted by Gasteiger charge is -2.38. The van der Waals surface area contributed by atoms with Gasteiger partial charge in [-0.2, -0.15) is 5.10 Å². The molecule has 13 nitrogen and oxygen atoms in total. The molecule has 236 valence electrons. The van der Waals surface area contributed by atoms with Gasteiger partial charge in [0.15, 0.2) is 5.78 Å². The normalized spacial score (nSPS) is 23.6. The van der Waals surface area contributed by atoms with E-state index in [4.69, 9.17) is 19.3 Å². The van der Waals surface area contributed by atoms with Crippen molar-refractivity contribution in [2.24, 2.45) is 5.41 Å². The fourth-order valence-corrected chi connectivity index (χ4v) is 6.62. The second-order valence-electron chi connectivity index (χ2n) is 12.6. The van der Waals surface area contributed by atoms with E-state index in [1.165, 1.54) is 24.6 Å². The quantitative estimate of drug-likeness (QED) is 0.393. The number of nitrogens with one attached hydrogen (secondary N) is 2. The molecule has 2 N–H and O–H groups in total. The molecule has 4 atom stereocenters. The van der Waals surface area contributed by atoms with Crippen molar-refractivity contribution in [2.45, 2.75) is 78.2 Å². The second kappa shape index (κ2) is 11.3. The number of aromatic nitrogens is 4. The first-order valence-corrected chi connectivity index (χ1v) is 14.8. The smallest absolute Gasteiger partial charge is 0.330 e. The number of Topliss-reactive ketones (excluding diaryl/α,β-unsaturated/α-hetero) is 1. The van der Waals surface area contributed by atoms with E-state index in [1.54, 1.807) is 4.68 Å². The summed E-state index contributed by atoms with van der Waals surface area (Å²) in [6.07, 6.45) is -0.255. The Hall–Kier alpha value is -4.78. The summed E-state index contributed by atoms with van der Waals surface area (Å²) in [5.41, 5.74) is 1.71. The van der Waals surface area contributed by atoms with Crippen molar-refractivity contribution in [3.63, 3.8) is 0 Å². The maximum absolute atomic E-state index is 13.8. The van der Waals surface area contributed by atoms with Crippen LogP contribution in [0.3, 0.4) is 0 Å². The Morgan fingerprint density at radius 1 is 1.09 bits per heavy atom. The third-order valence-corrected chi connectivity index (χ3v) is 8.44. The molecule has 6 rings (SSSR count). The third-order valence-electron chi connectivity index (χ3n) is 8.44. The third kappa shape index (κ3) is 5.63. The molecule has 0 bridgehead atoms. The number of hydrogen-bond donors (Lipinski definition) is 2. The van der Waals surface area contributed by atoms with E-state index < -0.39 is 47.5 Å². The Kier molecular flexibility index (Phi) is 7.59. The van der Waals surface area contributed by atoms with E-state index in [2.05, 4.69) is 10.3 Å². The highest BCUT2D eigenvalue weighted by Crippen LogP contribution is 2.49. The van der Waals surface area contributed by atoms with Crippen molar-refractivity contribution in [3.05, 3.63) is 85.5 Å². The molecule has 1 aliphatic carbocycles. The predicted molar refractivity (Wildman–Crippen MR) is 161 cm³/mol. The van der Waals surface area contributed by atoms with Crippen LogP contribution in [0.1, 0.15) is 75.9 Å². The van der Waals surface area contributed by atoms with E-state index in [9.17, 15) is 24.0 Å². The Morgan fingerprint density at radius 3 is 2.51 bits per heavy atom. The first kappa shape index (κ1) is 30.3. The molecule has 0 amide bonds. The van der Waals surface area contributed by atoms with E-state index in [0.29, 0.717) is 34.8 Å². The van der Waals surface area contributed by atoms with Gasteiger partial charge in [0, 0.05) is 55.3 Å². The molecule has 2 unspecified atom stereocenters. The molecule has 0 saturated carbocycles. The zero-order valence-electron chi connectivity index (χ0n) is 25.7. The summed E-state index contributed by atoms with van der Waals surface area (Å²) in [5, 5.41) is 8.30. The van der Waals surface area contributed by atoms with Gasteiger partial charge in [-0.1, -0.05) is 32.0 Å². The van der Waals surface area contributed by atoms with Gasteiger partial charge in [0.25, 0.3) is 5.56 Å². The number of rotatable bonds is 6. The summed E-state index contributed by atoms with van der Waals surface area (Å²) in [4.78, 5) is 66.4. The molecule has 1 aromatic carbocycles. The van der Waals surface area contributed by atoms with Gasteiger partial charge in [-0.05, 0) is 30.9 Å². The van der Waals surface area contributed by atoms with Gasteiger partial charge in [-0.3, -0.25) is 28.7 Å². The van der Waals surface area contributed by atoms with E-state index in [-0.39, 0.29) is 36.2 Å². The summed E-state index contributed by atoms with van der Waals surface area (Å²) in [5.74, 6) is -1.38. The Morgan fingerprint density at radius 2 is 1.82 bits per heavy atom. The minimum Gasteiger partial charge on any atom is -0.463 e. The number of hydrogen-bond acceptors (Lipinski definition) is 10. The molecular formula is C32H35N5O8. The highest BCUT2D eigenvalue weighted by atomic mass is 16.6. The number of esters is 2. The van der Waals surface area contributed by atoms with Crippen LogP contribution < -0.4 is 16.6 Å². The van der Waals surface area contributed by atoms with Crippen LogP contribution in [0.2, 0.25) is 0 Å². The summed E-state index contributed by atoms with van der Waals surface area (Å²) in [7, 11) is 0. The van der Waals surface area contributed by atoms with Crippen LogP contribution in [-0.4, -0.2) is 55.9 Å². The number of aromatic amines is 1. The molecule has 1 fully saturated rings. The van der Waals surface area contributed by atoms with Crippen molar-refractivity contribution in [1.29, 1.82) is 0 Å². The summed E-state index contributed by atoms with van der Waals surface area (Å²) in [6.45, 7) is 8.18. The molecule has 3 aromatic rings. The molecule has 2 aliphatic heterocycles. The molecular weight excluding hydrogens is 582 g/mol. The number of ether oxygens (including phenoxy) is 3. The first-order valence-electron chi connectivity index (χ1n) is 14.8. The lowest BCUT2D eigenvalue weighted by atomic mass is 9.69. The fraction of sp³-hybridized carbons (Fsp3) is 0.438. The molecule has 2 aromatic heterocycles. The number of ketones is 1. The highest BCUT2D eigenvalue weighted by molar-refractivity contribution is 6.01. The Labute approximate surface area is 258 Å². The van der Waals surface area contributed by atoms with Gasteiger partial charge in [-0.15, -0.1) is 0 Å². The number of benzene rings is 1. The largest absolute Gasteiger partial charge is 0.463 e. The zero-order valence-corrected chi connectivity index (χ0v) is 25.7. The number of carbonyl (C=O) groups excluding carboxylic acids is 3. The molecule has 3 aliphatic rings. The van der Waals surface area contributed by atoms with Gasteiger partial charge in [0.2, 0.25) is 0 Å². The zero-order chi connectivity index (χ0) is 32.2. The Bertz CT molecular complexity index is 1850. The number of para-hydroxylation sites is 1. The van der Waals surface area contributed by atoms with Crippen LogP contribution in [-0.2, 0) is 28.6 Å². The standard InChI is InChI=1S/C32H35N5O8/c1-16-26-27(28-21(12-32(4,5)13-22(28)40)33-29(26)37(35-16)19-9-7-6-8-10-19)20-14-36(31(42)34-30(20)41)25-11-23(44-18(3)39)24(45-25)15-43-17(2)38/h6-10,14,23-25,27,33H,11-13,15H2,1-5H3,(H,34,41,42)/t23?,24-,25-,27?/m1/s1. The van der Waals surface area contributed by atoms with Crippen molar-refractivity contribution in [3.8, 4) is 5.69 Å². The summed E-state index contributed by atoms with van der Waals surface area (Å²) in [6, 6.07) is 9.54. The molecule has 0 radical (unpaired) electrons. The van der Waals surface area contributed by atoms with Crippen molar-refractivity contribution >= 4 is 23.5 Å². The van der Waals surface area contributed by atoms with Crippen LogP contribution in [0.15, 0.2) is 57.4 Å². The number of aryl methyl sites for hydroxylation is 1. The van der Waals surface area contributed by atoms with E-state index in [1.807, 2.05) is 51.1 Å². The van der Waals surface area contributed by atoms with Gasteiger partial charge in [0.05, 0.1) is 17.3 Å². The fourth-order valence-electron chi connectivity index (χ4n) is 6.62. The average molecular weight is 618 g/mol. The number of carbonyl (C=O) groups is 3. The highest BCUT2D eigenvalue weighted by Gasteiger charge is 2.45. The number of allylic oxidation sites excluding steroid dienone is 2. The maximum Gasteiger partial charge on any atom is 0.330 e. The van der Waals surface area contributed by atoms with Crippen molar-refractivity contribution < 1.29 is 28.6 Å². The number of anilines is 1. The van der Waals surface area contributed by atoms with Crippen molar-refractivity contribution in [2.75, 3.05) is 11.9 Å².